The van der Waals surface area contributed by atoms with Gasteiger partial charge in [-0.05, 0) is 60.4 Å². The highest BCUT2D eigenvalue weighted by molar-refractivity contribution is 7.91. The number of hydrogen-bond donors (Lipinski definition) is 2. The summed E-state index contributed by atoms with van der Waals surface area (Å²) in [5.74, 6) is -0.0485. The molecule has 1 heterocycles. The van der Waals surface area contributed by atoms with E-state index in [9.17, 15) is 13.2 Å². The molecule has 2 atom stereocenters. The maximum atomic E-state index is 14.2. The fourth-order valence-electron chi connectivity index (χ4n) is 4.80. The van der Waals surface area contributed by atoms with E-state index in [0.29, 0.717) is 47.9 Å². The van der Waals surface area contributed by atoms with Crippen LogP contribution in [0.2, 0.25) is 10.0 Å². The Labute approximate surface area is 269 Å². The van der Waals surface area contributed by atoms with Gasteiger partial charge in [-0.2, -0.15) is 0 Å². The minimum Gasteiger partial charge on any atom is -0.494 e. The molecule has 0 spiro atoms. The minimum absolute atomic E-state index is 0.0251. The number of carbonyl (C=O) groups excluding carboxylic acids is 1. The Morgan fingerprint density at radius 1 is 1.07 bits per heavy atom. The number of sulfone groups is 1. The highest BCUT2D eigenvalue weighted by Crippen LogP contribution is 2.45. The van der Waals surface area contributed by atoms with Crippen LogP contribution >= 0.6 is 23.2 Å². The van der Waals surface area contributed by atoms with Crippen LogP contribution in [0.15, 0.2) is 82.7 Å². The lowest BCUT2D eigenvalue weighted by atomic mass is 9.84. The number of halogens is 2. The van der Waals surface area contributed by atoms with E-state index in [1.165, 1.54) is 12.1 Å². The van der Waals surface area contributed by atoms with E-state index < -0.39 is 27.4 Å². The largest absolute Gasteiger partial charge is 0.494 e. The molecule has 0 unspecified atom stereocenters. The Balaban J connectivity index is 1.78. The number of aliphatic hydroxyl groups excluding tert-OH is 1. The molecular weight excluding hydrogens is 623 g/mol. The molecule has 1 amide bonds. The molecule has 2 N–H and O–H groups in total. The Morgan fingerprint density at radius 2 is 1.77 bits per heavy atom. The number of nitrogens with one attached hydrogen (secondary N) is 1. The van der Waals surface area contributed by atoms with Crippen molar-refractivity contribution in [1.29, 1.82) is 0 Å². The first-order chi connectivity index (χ1) is 20.8. The fraction of sp³-hybridized carbons (Fsp3) is 0.394. The van der Waals surface area contributed by atoms with Crippen LogP contribution in [0.3, 0.4) is 0 Å². The van der Waals surface area contributed by atoms with Crippen molar-refractivity contribution in [1.82, 2.24) is 5.32 Å². The van der Waals surface area contributed by atoms with E-state index in [-0.39, 0.29) is 40.0 Å². The maximum absolute atomic E-state index is 14.2. The molecule has 1 aliphatic rings. The number of ether oxygens (including phenoxy) is 2. The van der Waals surface area contributed by atoms with Crippen LogP contribution in [0.5, 0.6) is 5.75 Å². The molecule has 3 aromatic rings. The Hall–Kier alpha value is -3.11. The molecule has 0 aromatic heterocycles. The van der Waals surface area contributed by atoms with Crippen LogP contribution < -0.4 is 10.1 Å². The third-order valence-corrected chi connectivity index (χ3v) is 9.58. The zero-order valence-corrected chi connectivity index (χ0v) is 27.4. The van der Waals surface area contributed by atoms with Crippen molar-refractivity contribution in [3.8, 4) is 5.75 Å². The third-order valence-electron chi connectivity index (χ3n) is 7.29. The van der Waals surface area contributed by atoms with E-state index in [1.54, 1.807) is 60.7 Å². The summed E-state index contributed by atoms with van der Waals surface area (Å²) >= 11 is 12.9. The normalized spacial score (nSPS) is 18.4. The van der Waals surface area contributed by atoms with E-state index in [1.807, 2.05) is 0 Å². The number of hydrogen-bond acceptors (Lipinski definition) is 7. The topological polar surface area (TPSA) is 114 Å². The van der Waals surface area contributed by atoms with E-state index in [4.69, 9.17) is 42.8 Å². The zero-order chi connectivity index (χ0) is 32.0. The van der Waals surface area contributed by atoms with Crippen LogP contribution in [0, 0.1) is 5.41 Å². The Bertz CT molecular complexity index is 1570. The van der Waals surface area contributed by atoms with Crippen LogP contribution in [0.25, 0.3) is 0 Å². The zero-order valence-electron chi connectivity index (χ0n) is 25.1. The number of benzene rings is 3. The van der Waals surface area contributed by atoms with Crippen LogP contribution in [-0.4, -0.2) is 56.4 Å². The quantitative estimate of drug-likeness (QED) is 0.204. The lowest BCUT2D eigenvalue weighted by molar-refractivity contribution is -0.129. The van der Waals surface area contributed by atoms with Crippen molar-refractivity contribution < 1.29 is 27.8 Å². The number of aliphatic hydroxyl groups is 1. The van der Waals surface area contributed by atoms with Crippen LogP contribution in [-0.2, 0) is 19.4 Å². The second-order valence-electron chi connectivity index (χ2n) is 11.9. The van der Waals surface area contributed by atoms with Gasteiger partial charge in [0.25, 0.3) is 5.91 Å². The maximum Gasteiger partial charge on any atom is 0.252 e. The van der Waals surface area contributed by atoms with Gasteiger partial charge in [0.05, 0.1) is 17.3 Å². The summed E-state index contributed by atoms with van der Waals surface area (Å²) in [6.07, 6.45) is -0.0112. The summed E-state index contributed by atoms with van der Waals surface area (Å²) in [6.45, 7) is 6.97. The molecule has 0 radical (unpaired) electrons. The van der Waals surface area contributed by atoms with E-state index in [0.717, 1.165) is 0 Å². The van der Waals surface area contributed by atoms with Gasteiger partial charge < -0.3 is 19.9 Å². The average molecular weight is 662 g/mol. The minimum atomic E-state index is -3.78. The number of carbonyl (C=O) groups is 1. The molecule has 0 bridgehead atoms. The van der Waals surface area contributed by atoms with Gasteiger partial charge in [-0.1, -0.05) is 68.2 Å². The third kappa shape index (κ3) is 8.33. The van der Waals surface area contributed by atoms with Gasteiger partial charge >= 0.3 is 0 Å². The van der Waals surface area contributed by atoms with Gasteiger partial charge in [0.2, 0.25) is 5.90 Å². The van der Waals surface area contributed by atoms with Crippen molar-refractivity contribution in [2.24, 2.45) is 10.4 Å². The first-order valence-corrected chi connectivity index (χ1v) is 16.9. The lowest BCUT2D eigenvalue weighted by Gasteiger charge is -2.31. The second-order valence-corrected chi connectivity index (χ2v) is 14.9. The van der Waals surface area contributed by atoms with Gasteiger partial charge in [-0.15, -0.1) is 0 Å². The van der Waals surface area contributed by atoms with Crippen molar-refractivity contribution >= 4 is 44.8 Å². The molecule has 1 aliphatic heterocycles. The second kappa shape index (κ2) is 14.3. The Morgan fingerprint density at radius 3 is 2.41 bits per heavy atom. The van der Waals surface area contributed by atoms with Crippen molar-refractivity contribution in [3.63, 3.8) is 0 Å². The summed E-state index contributed by atoms with van der Waals surface area (Å²) in [6, 6.07) is 20.0. The number of nitrogens with zero attached hydrogens (tertiary/aromatic N) is 1. The molecule has 236 valence electrons. The molecular formula is C33H38Cl2N2O6S. The molecule has 0 aliphatic carbocycles. The molecule has 4 rings (SSSR count). The highest BCUT2D eigenvalue weighted by Gasteiger charge is 2.54. The van der Waals surface area contributed by atoms with Gasteiger partial charge in [-0.25, -0.2) is 13.4 Å². The first-order valence-electron chi connectivity index (χ1n) is 14.5. The van der Waals surface area contributed by atoms with Crippen molar-refractivity contribution in [3.05, 3.63) is 94.0 Å². The monoisotopic (exact) mass is 660 g/mol. The summed E-state index contributed by atoms with van der Waals surface area (Å²) < 4.78 is 39.0. The molecule has 8 nitrogen and oxygen atoms in total. The standard InChI is InChI=1S/C33H38Cl2N2O6S/c1-32(2,3)16-18-36-31(39)33(17-21-44(40,41)26-8-5-4-6-9-26)29(27-15-12-24(34)22-28(27)35)43-30(37-33)23-10-13-25(14-11-23)42-20-7-19-38/h4-6,8-15,22,29,38H,7,16-21H2,1-3H3,(H,36,39)/t29-,33-/m1/s1. The van der Waals surface area contributed by atoms with Crippen molar-refractivity contribution in [2.75, 3.05) is 25.5 Å². The Kier molecular flexibility index (Phi) is 11.0. The number of rotatable bonds is 13. The highest BCUT2D eigenvalue weighted by atomic mass is 35.5. The van der Waals surface area contributed by atoms with Gasteiger partial charge in [0.1, 0.15) is 5.75 Å². The molecule has 44 heavy (non-hydrogen) atoms. The van der Waals surface area contributed by atoms with Gasteiger partial charge in [0.15, 0.2) is 21.5 Å². The SMILES string of the molecule is CC(C)(C)CCNC(=O)[C@]1(CCS(=O)(=O)c2ccccc2)N=C(c2ccc(OCCCO)cc2)O[C@@H]1c1ccc(Cl)cc1Cl. The summed E-state index contributed by atoms with van der Waals surface area (Å²) in [7, 11) is -3.78. The fourth-order valence-corrected chi connectivity index (χ4v) is 6.70. The summed E-state index contributed by atoms with van der Waals surface area (Å²) in [5, 5.41) is 12.7. The van der Waals surface area contributed by atoms with E-state index in [2.05, 4.69) is 26.1 Å². The molecule has 0 fully saturated rings. The molecule has 0 saturated heterocycles. The van der Waals surface area contributed by atoms with Gasteiger partial charge in [-0.3, -0.25) is 4.79 Å². The smallest absolute Gasteiger partial charge is 0.252 e. The van der Waals surface area contributed by atoms with Crippen LogP contribution in [0.4, 0.5) is 0 Å². The lowest BCUT2D eigenvalue weighted by Crippen LogP contribution is -2.50. The molecule has 0 saturated carbocycles. The summed E-state index contributed by atoms with van der Waals surface area (Å²) in [4.78, 5) is 19.3. The number of aliphatic imine (C=N–C) groups is 1. The predicted octanol–water partition coefficient (Wildman–Crippen LogP) is 6.43. The molecule has 11 heteroatoms. The molecule has 3 aromatic carbocycles. The predicted molar refractivity (Wildman–Crippen MR) is 173 cm³/mol. The van der Waals surface area contributed by atoms with Gasteiger partial charge in [0, 0.05) is 47.2 Å². The summed E-state index contributed by atoms with van der Waals surface area (Å²) in [5.41, 5.74) is -0.674. The van der Waals surface area contributed by atoms with Crippen LogP contribution in [0.1, 0.15) is 57.3 Å². The van der Waals surface area contributed by atoms with E-state index >= 15 is 0 Å². The number of amides is 1. The first kappa shape index (κ1) is 33.8. The average Bonchev–Trinajstić information content (AvgIpc) is 3.37. The van der Waals surface area contributed by atoms with Crippen molar-refractivity contribution in [2.45, 2.75) is 56.6 Å².